The van der Waals surface area contributed by atoms with Gasteiger partial charge in [0.1, 0.15) is 5.75 Å². The van der Waals surface area contributed by atoms with Crippen LogP contribution in [0.1, 0.15) is 86.6 Å². The van der Waals surface area contributed by atoms with Gasteiger partial charge in [-0.3, -0.25) is 4.79 Å². The summed E-state index contributed by atoms with van der Waals surface area (Å²) in [5.41, 5.74) is 4.51. The standard InChI is InChI=1S/C33H43NO2/c1-3-4-5-6-7-8-9-15-24-36-32-19-14-13-18-30(32)26-33(35)34-31(29-16-11-10-12-17-29)25-28-22-20-27(2)21-23-28/h10-14,16-23,31H,3-9,15,24-26H2,1-2H3,(H,34,35). The lowest BCUT2D eigenvalue weighted by Crippen LogP contribution is -2.31. The number of unbranched alkanes of at least 4 members (excludes halogenated alkanes) is 7. The maximum Gasteiger partial charge on any atom is 0.225 e. The molecule has 0 aliphatic heterocycles. The van der Waals surface area contributed by atoms with Crippen molar-refractivity contribution < 1.29 is 9.53 Å². The van der Waals surface area contributed by atoms with Crippen LogP contribution in [-0.2, 0) is 17.6 Å². The highest BCUT2D eigenvalue weighted by molar-refractivity contribution is 5.79. The summed E-state index contributed by atoms with van der Waals surface area (Å²) in [7, 11) is 0. The molecule has 0 aliphatic rings. The predicted molar refractivity (Wildman–Crippen MR) is 150 cm³/mol. The number of aryl methyl sites for hydroxylation is 1. The molecule has 0 heterocycles. The Morgan fingerprint density at radius 2 is 1.42 bits per heavy atom. The lowest BCUT2D eigenvalue weighted by atomic mass is 9.98. The van der Waals surface area contributed by atoms with Crippen LogP contribution in [0.4, 0.5) is 0 Å². The predicted octanol–water partition coefficient (Wildman–Crippen LogP) is 8.16. The molecular formula is C33H43NO2. The molecule has 0 saturated carbocycles. The highest BCUT2D eigenvalue weighted by Gasteiger charge is 2.17. The summed E-state index contributed by atoms with van der Waals surface area (Å²) >= 11 is 0. The largest absolute Gasteiger partial charge is 0.493 e. The molecule has 0 radical (unpaired) electrons. The fourth-order valence-electron chi connectivity index (χ4n) is 4.52. The van der Waals surface area contributed by atoms with Gasteiger partial charge in [0, 0.05) is 5.56 Å². The first-order valence-corrected chi connectivity index (χ1v) is 13.8. The Labute approximate surface area is 218 Å². The molecule has 1 amide bonds. The maximum atomic E-state index is 13.1. The monoisotopic (exact) mass is 485 g/mol. The summed E-state index contributed by atoms with van der Waals surface area (Å²) in [6.07, 6.45) is 11.3. The van der Waals surface area contributed by atoms with Gasteiger partial charge in [-0.1, -0.05) is 130 Å². The average Bonchev–Trinajstić information content (AvgIpc) is 2.90. The number of para-hydroxylation sites is 1. The third-order valence-corrected chi connectivity index (χ3v) is 6.68. The van der Waals surface area contributed by atoms with E-state index in [2.05, 4.69) is 55.6 Å². The smallest absolute Gasteiger partial charge is 0.225 e. The minimum Gasteiger partial charge on any atom is -0.493 e. The Bertz CT molecular complexity index is 1010. The highest BCUT2D eigenvalue weighted by Crippen LogP contribution is 2.22. The third kappa shape index (κ3) is 9.89. The minimum atomic E-state index is -0.0770. The van der Waals surface area contributed by atoms with Crippen LogP contribution in [0, 0.1) is 6.92 Å². The van der Waals surface area contributed by atoms with E-state index in [4.69, 9.17) is 4.74 Å². The van der Waals surface area contributed by atoms with Crippen molar-refractivity contribution in [3.05, 3.63) is 101 Å². The number of nitrogens with one attached hydrogen (secondary N) is 1. The van der Waals surface area contributed by atoms with Crippen molar-refractivity contribution in [3.63, 3.8) is 0 Å². The molecule has 3 aromatic carbocycles. The number of hydrogen-bond acceptors (Lipinski definition) is 2. The second-order valence-corrected chi connectivity index (χ2v) is 9.83. The number of carbonyl (C=O) groups is 1. The second-order valence-electron chi connectivity index (χ2n) is 9.83. The summed E-state index contributed by atoms with van der Waals surface area (Å²) in [5.74, 6) is 0.837. The molecule has 1 unspecified atom stereocenters. The normalized spacial score (nSPS) is 11.7. The van der Waals surface area contributed by atoms with Gasteiger partial charge in [0.15, 0.2) is 0 Å². The molecule has 0 aromatic heterocycles. The van der Waals surface area contributed by atoms with E-state index >= 15 is 0 Å². The number of rotatable bonds is 16. The van der Waals surface area contributed by atoms with Crippen LogP contribution in [0.3, 0.4) is 0 Å². The number of ether oxygens (including phenoxy) is 1. The van der Waals surface area contributed by atoms with Crippen molar-refractivity contribution in [2.24, 2.45) is 0 Å². The van der Waals surface area contributed by atoms with Gasteiger partial charge in [-0.2, -0.15) is 0 Å². The van der Waals surface area contributed by atoms with Crippen molar-refractivity contribution in [1.29, 1.82) is 0 Å². The van der Waals surface area contributed by atoms with Crippen LogP contribution in [0.25, 0.3) is 0 Å². The van der Waals surface area contributed by atoms with Gasteiger partial charge in [-0.05, 0) is 37.0 Å². The molecule has 3 aromatic rings. The second kappa shape index (κ2) is 15.8. The van der Waals surface area contributed by atoms with Crippen LogP contribution >= 0.6 is 0 Å². The molecule has 3 heteroatoms. The molecule has 0 saturated heterocycles. The number of hydrogen-bond donors (Lipinski definition) is 1. The van der Waals surface area contributed by atoms with Crippen LogP contribution < -0.4 is 10.1 Å². The Kier molecular flexibility index (Phi) is 12.1. The lowest BCUT2D eigenvalue weighted by molar-refractivity contribution is -0.121. The van der Waals surface area contributed by atoms with Gasteiger partial charge >= 0.3 is 0 Å². The zero-order chi connectivity index (χ0) is 25.4. The van der Waals surface area contributed by atoms with Gasteiger partial charge in [-0.15, -0.1) is 0 Å². The van der Waals surface area contributed by atoms with E-state index in [1.165, 1.54) is 56.1 Å². The van der Waals surface area contributed by atoms with Crippen molar-refractivity contribution >= 4 is 5.91 Å². The SMILES string of the molecule is CCCCCCCCCCOc1ccccc1CC(=O)NC(Cc1ccc(C)cc1)c1ccccc1. The first kappa shape index (κ1) is 27.5. The molecule has 36 heavy (non-hydrogen) atoms. The number of amides is 1. The van der Waals surface area contributed by atoms with E-state index in [1.54, 1.807) is 0 Å². The summed E-state index contributed by atoms with van der Waals surface area (Å²) in [6.45, 7) is 5.05. The first-order chi connectivity index (χ1) is 17.7. The Hall–Kier alpha value is -3.07. The molecule has 1 atom stereocenters. The zero-order valence-corrected chi connectivity index (χ0v) is 22.2. The van der Waals surface area contributed by atoms with E-state index in [9.17, 15) is 4.79 Å². The lowest BCUT2D eigenvalue weighted by Gasteiger charge is -2.20. The molecule has 3 nitrogen and oxygen atoms in total. The number of benzene rings is 3. The van der Waals surface area contributed by atoms with Crippen molar-refractivity contribution in [3.8, 4) is 5.75 Å². The third-order valence-electron chi connectivity index (χ3n) is 6.68. The molecule has 192 valence electrons. The molecular weight excluding hydrogens is 442 g/mol. The van der Waals surface area contributed by atoms with Crippen LogP contribution in [0.5, 0.6) is 5.75 Å². The summed E-state index contributed by atoms with van der Waals surface area (Å²) in [6, 6.07) is 26.6. The fraction of sp³-hybridized carbons (Fsp3) is 0.424. The van der Waals surface area contributed by atoms with E-state index in [0.29, 0.717) is 13.0 Å². The topological polar surface area (TPSA) is 38.3 Å². The van der Waals surface area contributed by atoms with Gasteiger partial charge in [0.2, 0.25) is 5.91 Å². The Morgan fingerprint density at radius 1 is 0.778 bits per heavy atom. The molecule has 0 bridgehead atoms. The minimum absolute atomic E-state index is 0.0130. The molecule has 0 spiro atoms. The highest BCUT2D eigenvalue weighted by atomic mass is 16.5. The summed E-state index contributed by atoms with van der Waals surface area (Å²) in [4.78, 5) is 13.1. The van der Waals surface area contributed by atoms with Crippen molar-refractivity contribution in [2.75, 3.05) is 6.61 Å². The summed E-state index contributed by atoms with van der Waals surface area (Å²) < 4.78 is 6.10. The average molecular weight is 486 g/mol. The fourth-order valence-corrected chi connectivity index (χ4v) is 4.52. The molecule has 0 aliphatic carbocycles. The van der Waals surface area contributed by atoms with Gasteiger partial charge < -0.3 is 10.1 Å². The van der Waals surface area contributed by atoms with E-state index in [0.717, 1.165) is 29.7 Å². The van der Waals surface area contributed by atoms with Crippen molar-refractivity contribution in [1.82, 2.24) is 5.32 Å². The van der Waals surface area contributed by atoms with E-state index in [1.807, 2.05) is 42.5 Å². The van der Waals surface area contributed by atoms with Crippen LogP contribution in [-0.4, -0.2) is 12.5 Å². The van der Waals surface area contributed by atoms with Crippen LogP contribution in [0.15, 0.2) is 78.9 Å². The van der Waals surface area contributed by atoms with Gasteiger partial charge in [-0.25, -0.2) is 0 Å². The Morgan fingerprint density at radius 3 is 2.14 bits per heavy atom. The van der Waals surface area contributed by atoms with Gasteiger partial charge in [0.05, 0.1) is 19.1 Å². The quantitative estimate of drug-likeness (QED) is 0.208. The zero-order valence-electron chi connectivity index (χ0n) is 22.2. The van der Waals surface area contributed by atoms with Crippen molar-refractivity contribution in [2.45, 2.75) is 84.1 Å². The summed E-state index contributed by atoms with van der Waals surface area (Å²) in [5, 5.41) is 3.28. The maximum absolute atomic E-state index is 13.1. The Balaban J connectivity index is 1.52. The molecule has 3 rings (SSSR count). The van der Waals surface area contributed by atoms with E-state index in [-0.39, 0.29) is 11.9 Å². The molecule has 0 fully saturated rings. The number of carbonyl (C=O) groups excluding carboxylic acids is 1. The first-order valence-electron chi connectivity index (χ1n) is 13.8. The molecule has 1 N–H and O–H groups in total. The van der Waals surface area contributed by atoms with Crippen LogP contribution in [0.2, 0.25) is 0 Å². The van der Waals surface area contributed by atoms with E-state index < -0.39 is 0 Å². The van der Waals surface area contributed by atoms with Gasteiger partial charge in [0.25, 0.3) is 0 Å².